The van der Waals surface area contributed by atoms with Crippen molar-refractivity contribution < 1.29 is 19.1 Å². The third-order valence-corrected chi connectivity index (χ3v) is 4.43. The van der Waals surface area contributed by atoms with Gasteiger partial charge in [-0.2, -0.15) is 0 Å². The molecule has 1 unspecified atom stereocenters. The van der Waals surface area contributed by atoms with Crippen LogP contribution >= 0.6 is 0 Å². The van der Waals surface area contributed by atoms with Gasteiger partial charge in [0.05, 0.1) is 0 Å². The van der Waals surface area contributed by atoms with Crippen LogP contribution < -0.4 is 10.6 Å². The molecule has 3 amide bonds. The zero-order valence-corrected chi connectivity index (χ0v) is 17.6. The lowest BCUT2D eigenvalue weighted by Gasteiger charge is -2.34. The van der Waals surface area contributed by atoms with Crippen molar-refractivity contribution in [3.05, 3.63) is 0 Å². The maximum atomic E-state index is 12.4. The summed E-state index contributed by atoms with van der Waals surface area (Å²) in [5.41, 5.74) is -0.629. The fourth-order valence-corrected chi connectivity index (χ4v) is 2.84. The zero-order chi connectivity index (χ0) is 20.6. The van der Waals surface area contributed by atoms with Crippen LogP contribution in [-0.2, 0) is 14.3 Å². The first-order valence-electron chi connectivity index (χ1n) is 9.80. The predicted octanol–water partition coefficient (Wildman–Crippen LogP) is 1.21. The van der Waals surface area contributed by atoms with Gasteiger partial charge in [0.2, 0.25) is 11.8 Å². The number of carbonyl (C=O) groups is 3. The van der Waals surface area contributed by atoms with Crippen molar-refractivity contribution in [3.8, 4) is 0 Å². The van der Waals surface area contributed by atoms with Gasteiger partial charge in [0.15, 0.2) is 0 Å². The average Bonchev–Trinajstić information content (AvgIpc) is 2.57. The monoisotopic (exact) mass is 384 g/mol. The predicted molar refractivity (Wildman–Crippen MR) is 104 cm³/mol. The van der Waals surface area contributed by atoms with Gasteiger partial charge in [0, 0.05) is 39.1 Å². The third kappa shape index (κ3) is 8.60. The van der Waals surface area contributed by atoms with Gasteiger partial charge in [0.1, 0.15) is 11.6 Å². The van der Waals surface area contributed by atoms with Gasteiger partial charge in [-0.05, 0) is 33.2 Å². The van der Waals surface area contributed by atoms with E-state index in [1.165, 1.54) is 0 Å². The molecule has 8 heteroatoms. The van der Waals surface area contributed by atoms with Gasteiger partial charge < -0.3 is 25.2 Å². The molecule has 1 rings (SSSR count). The molecule has 0 spiro atoms. The molecule has 0 aliphatic carbocycles. The van der Waals surface area contributed by atoms with Crippen LogP contribution in [0.25, 0.3) is 0 Å². The van der Waals surface area contributed by atoms with E-state index in [1.54, 1.807) is 20.8 Å². The number of ether oxygens (including phenoxy) is 1. The normalized spacial score (nSPS) is 16.8. The first-order valence-corrected chi connectivity index (χ1v) is 9.80. The van der Waals surface area contributed by atoms with Crippen LogP contribution in [0.2, 0.25) is 0 Å². The van der Waals surface area contributed by atoms with Gasteiger partial charge in [-0.3, -0.25) is 9.59 Å². The lowest BCUT2D eigenvalue weighted by Crippen LogP contribution is -2.52. The van der Waals surface area contributed by atoms with Crippen molar-refractivity contribution in [2.24, 2.45) is 5.92 Å². The second-order valence-electron chi connectivity index (χ2n) is 8.22. The number of nitrogens with zero attached hydrogens (tertiary/aromatic N) is 2. The fourth-order valence-electron chi connectivity index (χ4n) is 2.84. The second-order valence-corrected chi connectivity index (χ2v) is 8.22. The third-order valence-electron chi connectivity index (χ3n) is 4.43. The molecule has 0 aromatic rings. The van der Waals surface area contributed by atoms with Gasteiger partial charge >= 0.3 is 6.09 Å². The Bertz CT molecular complexity index is 508. The summed E-state index contributed by atoms with van der Waals surface area (Å²) in [5, 5.41) is 5.37. The molecule has 1 heterocycles. The van der Waals surface area contributed by atoms with Crippen molar-refractivity contribution in [1.82, 2.24) is 20.4 Å². The van der Waals surface area contributed by atoms with Crippen molar-refractivity contribution in [1.29, 1.82) is 0 Å². The molecule has 0 aromatic carbocycles. The summed E-state index contributed by atoms with van der Waals surface area (Å²) in [6.45, 7) is 15.6. The molecule has 1 aliphatic heterocycles. The van der Waals surface area contributed by atoms with Crippen molar-refractivity contribution in [3.63, 3.8) is 0 Å². The second kappa shape index (κ2) is 10.5. The molecule has 1 atom stereocenters. The number of alkyl carbamates (subject to hydrolysis) is 1. The number of nitrogens with one attached hydrogen (secondary N) is 2. The molecule has 8 nitrogen and oxygen atoms in total. The average molecular weight is 385 g/mol. The van der Waals surface area contributed by atoms with Crippen LogP contribution in [-0.4, -0.2) is 78.6 Å². The first kappa shape index (κ1) is 23.2. The van der Waals surface area contributed by atoms with E-state index in [9.17, 15) is 14.4 Å². The number of likely N-dealkylation sites (N-methyl/N-ethyl adjacent to an activating group) is 1. The lowest BCUT2D eigenvalue weighted by atomic mass is 10.0. The Morgan fingerprint density at radius 1 is 1.07 bits per heavy atom. The summed E-state index contributed by atoms with van der Waals surface area (Å²) in [6, 6.07) is -0.706. The topological polar surface area (TPSA) is 91.0 Å². The number of hydrogen-bond donors (Lipinski definition) is 2. The van der Waals surface area contributed by atoms with Gasteiger partial charge in [-0.1, -0.05) is 20.8 Å². The smallest absolute Gasteiger partial charge is 0.408 e. The van der Waals surface area contributed by atoms with E-state index in [1.807, 2.05) is 18.7 Å². The highest BCUT2D eigenvalue weighted by atomic mass is 16.6. The molecule has 27 heavy (non-hydrogen) atoms. The highest BCUT2D eigenvalue weighted by molar-refractivity contribution is 5.86. The molecule has 2 N–H and O–H groups in total. The van der Waals surface area contributed by atoms with E-state index in [0.29, 0.717) is 0 Å². The minimum absolute atomic E-state index is 0.0484. The Hall–Kier alpha value is -1.83. The molecule has 1 fully saturated rings. The molecule has 156 valence electrons. The maximum Gasteiger partial charge on any atom is 0.408 e. The Morgan fingerprint density at radius 3 is 2.15 bits per heavy atom. The van der Waals surface area contributed by atoms with Crippen LogP contribution in [0.1, 0.15) is 48.0 Å². The standard InChI is InChI=1S/C19H36N4O4/c1-7-22-10-12-23(13-11-22)15(24)8-9-20-17(25)16(14(2)3)21-18(26)27-19(4,5)6/h14,16H,7-13H2,1-6H3,(H,20,25)(H,21,26). The number of piperazine rings is 1. The van der Waals surface area contributed by atoms with Gasteiger partial charge in [0.25, 0.3) is 0 Å². The highest BCUT2D eigenvalue weighted by Crippen LogP contribution is 2.09. The van der Waals surface area contributed by atoms with E-state index in [-0.39, 0.29) is 30.7 Å². The Morgan fingerprint density at radius 2 is 1.67 bits per heavy atom. The van der Waals surface area contributed by atoms with Gasteiger partial charge in [-0.15, -0.1) is 0 Å². The van der Waals surface area contributed by atoms with Crippen LogP contribution in [0.4, 0.5) is 4.79 Å². The Balaban J connectivity index is 2.41. The minimum Gasteiger partial charge on any atom is -0.444 e. The minimum atomic E-state index is -0.706. The SMILES string of the molecule is CCN1CCN(C(=O)CCNC(=O)C(NC(=O)OC(C)(C)C)C(C)C)CC1. The molecule has 1 aliphatic rings. The quantitative estimate of drug-likeness (QED) is 0.688. The van der Waals surface area contributed by atoms with Gasteiger partial charge in [-0.25, -0.2) is 4.79 Å². The fraction of sp³-hybridized carbons (Fsp3) is 0.842. The summed E-state index contributed by atoms with van der Waals surface area (Å²) >= 11 is 0. The first-order chi connectivity index (χ1) is 12.5. The molecular formula is C19H36N4O4. The lowest BCUT2D eigenvalue weighted by molar-refractivity contribution is -0.133. The van der Waals surface area contributed by atoms with Crippen LogP contribution in [0.5, 0.6) is 0 Å². The number of amides is 3. The molecule has 1 saturated heterocycles. The summed E-state index contributed by atoms with van der Waals surface area (Å²) in [7, 11) is 0. The van der Waals surface area contributed by atoms with Crippen LogP contribution in [0, 0.1) is 5.92 Å². The number of carbonyl (C=O) groups excluding carboxylic acids is 3. The molecule has 0 aromatic heterocycles. The number of rotatable bonds is 7. The van der Waals surface area contributed by atoms with Crippen LogP contribution in [0.3, 0.4) is 0 Å². The van der Waals surface area contributed by atoms with E-state index >= 15 is 0 Å². The highest BCUT2D eigenvalue weighted by Gasteiger charge is 2.27. The Labute approximate surface area is 163 Å². The molecule has 0 saturated carbocycles. The van der Waals surface area contributed by atoms with E-state index < -0.39 is 17.7 Å². The Kier molecular flexibility index (Phi) is 9.02. The summed E-state index contributed by atoms with van der Waals surface area (Å²) in [4.78, 5) is 40.8. The van der Waals surface area contributed by atoms with Crippen LogP contribution in [0.15, 0.2) is 0 Å². The molecule has 0 radical (unpaired) electrons. The van der Waals surface area contributed by atoms with Crippen molar-refractivity contribution in [2.45, 2.75) is 59.6 Å². The number of hydrogen-bond acceptors (Lipinski definition) is 5. The summed E-state index contributed by atoms with van der Waals surface area (Å²) < 4.78 is 5.21. The van der Waals surface area contributed by atoms with E-state index in [0.717, 1.165) is 32.7 Å². The van der Waals surface area contributed by atoms with Crippen molar-refractivity contribution in [2.75, 3.05) is 39.3 Å². The molecule has 0 bridgehead atoms. The largest absolute Gasteiger partial charge is 0.444 e. The van der Waals surface area contributed by atoms with Crippen molar-refractivity contribution >= 4 is 17.9 Å². The molecular weight excluding hydrogens is 348 g/mol. The zero-order valence-electron chi connectivity index (χ0n) is 17.6. The summed E-state index contributed by atoms with van der Waals surface area (Å²) in [6.07, 6.45) is -0.365. The van der Waals surface area contributed by atoms with E-state index in [2.05, 4.69) is 22.5 Å². The summed E-state index contributed by atoms with van der Waals surface area (Å²) in [5.74, 6) is -0.359. The van der Waals surface area contributed by atoms with E-state index in [4.69, 9.17) is 4.74 Å². The maximum absolute atomic E-state index is 12.4.